The Kier molecular flexibility index (Phi) is 7.13. The molecule has 2 aromatic rings. The average molecular weight is 528 g/mol. The summed E-state index contributed by atoms with van der Waals surface area (Å²) < 4.78 is 6.72. The van der Waals surface area contributed by atoms with Crippen LogP contribution < -0.4 is 5.73 Å². The van der Waals surface area contributed by atoms with Gasteiger partial charge in [0.1, 0.15) is 12.0 Å². The Morgan fingerprint density at radius 1 is 1.36 bits per heavy atom. The summed E-state index contributed by atoms with van der Waals surface area (Å²) >= 11 is 5.37. The Morgan fingerprint density at radius 3 is 2.70 bits per heavy atom. The number of β-lactam (4-membered cyclic amide) rings is 1. The highest BCUT2D eigenvalue weighted by Crippen LogP contribution is 2.54. The summed E-state index contributed by atoms with van der Waals surface area (Å²) in [4.78, 5) is 37.2. The van der Waals surface area contributed by atoms with Crippen LogP contribution in [-0.4, -0.2) is 53.6 Å². The third kappa shape index (κ3) is 4.96. The number of hydrogen-bond donors (Lipinski definition) is 2. The molecule has 2 aliphatic heterocycles. The number of nitrogens with zero attached hydrogens (tertiary/aromatic N) is 4. The number of benzene rings is 1. The van der Waals surface area contributed by atoms with Crippen molar-refractivity contribution in [2.24, 2.45) is 5.92 Å². The van der Waals surface area contributed by atoms with Crippen LogP contribution in [0.25, 0.3) is 0 Å². The molecule has 1 fully saturated rings. The van der Waals surface area contributed by atoms with Crippen LogP contribution in [0.2, 0.25) is 0 Å². The van der Waals surface area contributed by atoms with Crippen LogP contribution in [0.15, 0.2) is 38.5 Å². The standard InChI is InChI=1S/C18H17N5O6S4/c1-8(24)11-13(25)22-12(15(26)29-6-9-2-4-10(5-3-9)23(27)28)16(32-14(11)22)30-7-31-18-21-20-17(19)33-18/h2-5,8,11,14,24H,6-7H2,1H3,(H2,19,20)/t8?,11-,14+/m0/s1. The minimum atomic E-state index is -0.841. The van der Waals surface area contributed by atoms with Gasteiger partial charge in [-0.15, -0.1) is 22.0 Å². The minimum absolute atomic E-state index is 0.0634. The lowest BCUT2D eigenvalue weighted by atomic mass is 9.92. The fraction of sp³-hybridized carbons (Fsp3) is 0.333. The summed E-state index contributed by atoms with van der Waals surface area (Å²) in [5.74, 6) is -1.60. The second kappa shape index (κ2) is 9.89. The fourth-order valence-electron chi connectivity index (χ4n) is 3.19. The van der Waals surface area contributed by atoms with E-state index in [0.717, 1.165) is 0 Å². The van der Waals surface area contributed by atoms with E-state index in [1.807, 2.05) is 0 Å². The molecule has 0 saturated carbocycles. The lowest BCUT2D eigenvalue weighted by Crippen LogP contribution is -2.60. The van der Waals surface area contributed by atoms with Gasteiger partial charge in [-0.3, -0.25) is 19.8 Å². The topological polar surface area (TPSA) is 162 Å². The van der Waals surface area contributed by atoms with E-state index in [4.69, 9.17) is 10.5 Å². The van der Waals surface area contributed by atoms with E-state index in [-0.39, 0.29) is 29.3 Å². The summed E-state index contributed by atoms with van der Waals surface area (Å²) in [6, 6.07) is 5.66. The number of aliphatic hydroxyl groups is 1. The zero-order valence-electron chi connectivity index (χ0n) is 16.9. The van der Waals surface area contributed by atoms with Crippen LogP contribution in [0.1, 0.15) is 12.5 Å². The lowest BCUT2D eigenvalue weighted by Gasteiger charge is -2.43. The molecular weight excluding hydrogens is 510 g/mol. The van der Waals surface area contributed by atoms with Crippen LogP contribution in [-0.2, 0) is 20.9 Å². The zero-order chi connectivity index (χ0) is 23.7. The van der Waals surface area contributed by atoms with Crippen molar-refractivity contribution >= 4 is 69.3 Å². The summed E-state index contributed by atoms with van der Waals surface area (Å²) in [7, 11) is 0. The molecule has 1 amide bonds. The maximum absolute atomic E-state index is 12.9. The Balaban J connectivity index is 1.46. The van der Waals surface area contributed by atoms with Crippen molar-refractivity contribution in [2.45, 2.75) is 29.3 Å². The van der Waals surface area contributed by atoms with Gasteiger partial charge >= 0.3 is 5.97 Å². The van der Waals surface area contributed by atoms with Crippen LogP contribution >= 0.6 is 46.6 Å². The van der Waals surface area contributed by atoms with Crippen molar-refractivity contribution in [3.63, 3.8) is 0 Å². The van der Waals surface area contributed by atoms with Gasteiger partial charge in [0.05, 0.1) is 26.3 Å². The molecule has 1 unspecified atom stereocenters. The third-order valence-electron chi connectivity index (χ3n) is 4.77. The lowest BCUT2D eigenvalue weighted by molar-refractivity contribution is -0.384. The molecule has 4 rings (SSSR count). The van der Waals surface area contributed by atoms with Gasteiger partial charge in [0, 0.05) is 12.1 Å². The molecule has 33 heavy (non-hydrogen) atoms. The van der Waals surface area contributed by atoms with Crippen molar-refractivity contribution in [1.29, 1.82) is 0 Å². The number of anilines is 1. The van der Waals surface area contributed by atoms with Gasteiger partial charge < -0.3 is 15.6 Å². The van der Waals surface area contributed by atoms with Crippen LogP contribution in [0, 0.1) is 16.0 Å². The number of rotatable bonds is 9. The minimum Gasteiger partial charge on any atom is -0.456 e. The van der Waals surface area contributed by atoms with Gasteiger partial charge in [-0.1, -0.05) is 34.9 Å². The van der Waals surface area contributed by atoms with Crippen LogP contribution in [0.5, 0.6) is 0 Å². The molecule has 0 radical (unpaired) electrons. The predicted molar refractivity (Wildman–Crippen MR) is 126 cm³/mol. The van der Waals surface area contributed by atoms with Gasteiger partial charge in [-0.2, -0.15) is 0 Å². The molecule has 3 atom stereocenters. The van der Waals surface area contributed by atoms with Crippen molar-refractivity contribution < 1.29 is 24.4 Å². The fourth-order valence-corrected chi connectivity index (χ4v) is 8.26. The number of ether oxygens (including phenoxy) is 1. The van der Waals surface area contributed by atoms with Crippen molar-refractivity contribution in [3.05, 3.63) is 49.9 Å². The molecule has 0 aliphatic carbocycles. The van der Waals surface area contributed by atoms with Crippen molar-refractivity contribution in [3.8, 4) is 0 Å². The van der Waals surface area contributed by atoms with Crippen molar-refractivity contribution in [1.82, 2.24) is 15.1 Å². The SMILES string of the molecule is CC(O)[C@H]1C(=O)N2C(C(=O)OCc3ccc([N+](=O)[O-])cc3)=C(SCSc3nnc(N)s3)S[C@H]12. The van der Waals surface area contributed by atoms with Gasteiger partial charge in [0.25, 0.3) is 5.69 Å². The summed E-state index contributed by atoms with van der Waals surface area (Å²) in [5.41, 5.74) is 6.25. The van der Waals surface area contributed by atoms with E-state index in [2.05, 4.69) is 10.2 Å². The molecule has 1 saturated heterocycles. The molecule has 174 valence electrons. The average Bonchev–Trinajstić information content (AvgIpc) is 3.33. The molecule has 0 spiro atoms. The number of carbonyl (C=O) groups is 2. The Morgan fingerprint density at radius 2 is 2.09 bits per heavy atom. The van der Waals surface area contributed by atoms with Crippen LogP contribution in [0.3, 0.4) is 0 Å². The van der Waals surface area contributed by atoms with Gasteiger partial charge in [-0.25, -0.2) is 4.79 Å². The quantitative estimate of drug-likeness (QED) is 0.123. The van der Waals surface area contributed by atoms with E-state index in [0.29, 0.717) is 24.4 Å². The van der Waals surface area contributed by atoms with Crippen molar-refractivity contribution in [2.75, 3.05) is 10.8 Å². The maximum Gasteiger partial charge on any atom is 0.357 e. The molecule has 3 N–H and O–H groups in total. The normalized spacial score (nSPS) is 20.4. The smallest absolute Gasteiger partial charge is 0.357 e. The number of thioether (sulfide) groups is 3. The first-order valence-corrected chi connectivity index (χ1v) is 13.1. The number of nitro benzene ring substituents is 1. The van der Waals surface area contributed by atoms with Gasteiger partial charge in [0.2, 0.25) is 11.0 Å². The monoisotopic (exact) mass is 527 g/mol. The molecule has 0 bridgehead atoms. The number of nitrogens with two attached hydrogens (primary N) is 1. The number of aromatic nitrogens is 2. The number of non-ortho nitro benzene ring substituents is 1. The number of hydrogen-bond acceptors (Lipinski definition) is 13. The molecule has 2 aliphatic rings. The second-order valence-corrected chi connectivity index (χ2v) is 11.9. The summed E-state index contributed by atoms with van der Waals surface area (Å²) in [6.07, 6.45) is -0.841. The van der Waals surface area contributed by atoms with E-state index in [1.54, 1.807) is 6.92 Å². The second-order valence-electron chi connectivity index (χ2n) is 6.93. The zero-order valence-corrected chi connectivity index (χ0v) is 20.2. The molecule has 1 aromatic heterocycles. The first-order chi connectivity index (χ1) is 15.8. The number of esters is 1. The molecule has 1 aromatic carbocycles. The summed E-state index contributed by atoms with van der Waals surface area (Å²) in [6.45, 7) is 1.45. The number of aliphatic hydroxyl groups excluding tert-OH is 1. The molecule has 11 nitrogen and oxygen atoms in total. The van der Waals surface area contributed by atoms with E-state index >= 15 is 0 Å². The molecule has 15 heteroatoms. The maximum atomic E-state index is 12.9. The third-order valence-corrected chi connectivity index (χ3v) is 9.44. The number of carbonyl (C=O) groups excluding carboxylic acids is 2. The highest BCUT2D eigenvalue weighted by molar-refractivity contribution is 8.28. The predicted octanol–water partition coefficient (Wildman–Crippen LogP) is 2.64. The van der Waals surface area contributed by atoms with E-state index < -0.39 is 22.9 Å². The Labute approximate surface area is 204 Å². The van der Waals surface area contributed by atoms with E-state index in [9.17, 15) is 24.8 Å². The van der Waals surface area contributed by atoms with Gasteiger partial charge in [0.15, 0.2) is 10.0 Å². The Hall–Kier alpha value is -2.33. The number of nitrogen functional groups attached to an aromatic ring is 1. The van der Waals surface area contributed by atoms with Crippen LogP contribution in [0.4, 0.5) is 10.8 Å². The van der Waals surface area contributed by atoms with Gasteiger partial charge in [-0.05, 0) is 24.6 Å². The number of fused-ring (bicyclic) bond motifs is 1. The summed E-state index contributed by atoms with van der Waals surface area (Å²) in [5, 5.41) is 28.9. The Bertz CT molecular complexity index is 1120. The largest absolute Gasteiger partial charge is 0.456 e. The highest BCUT2D eigenvalue weighted by Gasteiger charge is 2.58. The first-order valence-electron chi connectivity index (χ1n) is 9.43. The van der Waals surface area contributed by atoms with E-state index in [1.165, 1.54) is 75.8 Å². The molecular formula is C18H17N5O6S4. The number of amides is 1. The highest BCUT2D eigenvalue weighted by atomic mass is 32.2. The number of nitro groups is 1. The molecule has 3 heterocycles. The first kappa shape index (κ1) is 23.8.